The van der Waals surface area contributed by atoms with Crippen LogP contribution in [0.1, 0.15) is 31.2 Å². The Labute approximate surface area is 118 Å². The highest BCUT2D eigenvalue weighted by molar-refractivity contribution is 5.95. The molecule has 0 spiro atoms. The minimum Gasteiger partial charge on any atom is -0.369 e. The summed E-state index contributed by atoms with van der Waals surface area (Å²) in [6.07, 6.45) is 4.04. The Morgan fingerprint density at radius 1 is 1.15 bits per heavy atom. The number of anilines is 1. The highest BCUT2D eigenvalue weighted by Crippen LogP contribution is 2.38. The molecule has 108 valence electrons. The van der Waals surface area contributed by atoms with Crippen molar-refractivity contribution in [2.24, 2.45) is 16.9 Å². The van der Waals surface area contributed by atoms with Crippen molar-refractivity contribution in [3.05, 3.63) is 29.8 Å². The fraction of sp³-hybridized carbons (Fsp3) is 0.467. The summed E-state index contributed by atoms with van der Waals surface area (Å²) in [5.74, 6) is -0.366. The molecule has 0 radical (unpaired) electrons. The zero-order valence-corrected chi connectivity index (χ0v) is 11.5. The maximum absolute atomic E-state index is 12.4. The number of rotatable bonds is 5. The average Bonchev–Trinajstić information content (AvgIpc) is 2.90. The molecule has 2 amide bonds. The van der Waals surface area contributed by atoms with Crippen LogP contribution in [0.2, 0.25) is 0 Å². The van der Waals surface area contributed by atoms with Crippen LogP contribution in [0.3, 0.4) is 0 Å². The fourth-order valence-corrected chi connectivity index (χ4v) is 2.75. The molecule has 5 heteroatoms. The van der Waals surface area contributed by atoms with Gasteiger partial charge >= 0.3 is 0 Å². The summed E-state index contributed by atoms with van der Waals surface area (Å²) in [5.41, 5.74) is 12.1. The number of hydrogen-bond acceptors (Lipinski definition) is 3. The molecular formula is C15H21N3O2. The molecule has 1 aliphatic carbocycles. The quantitative estimate of drug-likeness (QED) is 0.752. The third-order valence-corrected chi connectivity index (χ3v) is 4.02. The van der Waals surface area contributed by atoms with E-state index in [1.807, 2.05) is 0 Å². The van der Waals surface area contributed by atoms with Crippen LogP contribution in [-0.4, -0.2) is 18.4 Å². The van der Waals surface area contributed by atoms with Gasteiger partial charge in [-0.25, -0.2) is 0 Å². The van der Waals surface area contributed by atoms with Crippen LogP contribution in [0.15, 0.2) is 24.3 Å². The molecule has 1 aliphatic rings. The van der Waals surface area contributed by atoms with E-state index in [9.17, 15) is 9.59 Å². The second-order valence-corrected chi connectivity index (χ2v) is 5.49. The van der Waals surface area contributed by atoms with Crippen LogP contribution in [0, 0.1) is 5.41 Å². The SMILES string of the molecule is NCC1(C(=O)Nc2ccc(CC(N)=O)cc2)CCCC1. The van der Waals surface area contributed by atoms with Gasteiger partial charge in [0, 0.05) is 12.2 Å². The zero-order valence-electron chi connectivity index (χ0n) is 11.5. The molecule has 1 aromatic rings. The normalized spacial score (nSPS) is 16.9. The first-order valence-corrected chi connectivity index (χ1v) is 6.94. The molecule has 0 unspecified atom stereocenters. The lowest BCUT2D eigenvalue weighted by Crippen LogP contribution is -2.40. The van der Waals surface area contributed by atoms with E-state index < -0.39 is 5.41 Å². The van der Waals surface area contributed by atoms with E-state index in [1.54, 1.807) is 24.3 Å². The Morgan fingerprint density at radius 3 is 2.25 bits per heavy atom. The van der Waals surface area contributed by atoms with Gasteiger partial charge in [0.1, 0.15) is 0 Å². The monoisotopic (exact) mass is 275 g/mol. The minimum absolute atomic E-state index is 0.000140. The molecule has 5 nitrogen and oxygen atoms in total. The van der Waals surface area contributed by atoms with Crippen LogP contribution in [0.5, 0.6) is 0 Å². The Morgan fingerprint density at radius 2 is 1.75 bits per heavy atom. The second-order valence-electron chi connectivity index (χ2n) is 5.49. The van der Waals surface area contributed by atoms with Crippen molar-refractivity contribution < 1.29 is 9.59 Å². The van der Waals surface area contributed by atoms with Gasteiger partial charge in [0.05, 0.1) is 11.8 Å². The predicted molar refractivity (Wildman–Crippen MR) is 77.9 cm³/mol. The lowest BCUT2D eigenvalue weighted by atomic mass is 9.85. The maximum atomic E-state index is 12.4. The van der Waals surface area contributed by atoms with Crippen molar-refractivity contribution in [2.45, 2.75) is 32.1 Å². The topological polar surface area (TPSA) is 98.2 Å². The zero-order chi connectivity index (χ0) is 14.6. The summed E-state index contributed by atoms with van der Waals surface area (Å²) < 4.78 is 0. The van der Waals surface area contributed by atoms with Gasteiger partial charge < -0.3 is 16.8 Å². The van der Waals surface area contributed by atoms with E-state index in [0.29, 0.717) is 6.54 Å². The lowest BCUT2D eigenvalue weighted by Gasteiger charge is -2.25. The summed E-state index contributed by atoms with van der Waals surface area (Å²) in [6, 6.07) is 7.17. The number of carbonyl (C=O) groups is 2. The van der Waals surface area contributed by atoms with Gasteiger partial charge in [0.2, 0.25) is 11.8 Å². The van der Waals surface area contributed by atoms with E-state index in [4.69, 9.17) is 11.5 Å². The molecular weight excluding hydrogens is 254 g/mol. The van der Waals surface area contributed by atoms with E-state index >= 15 is 0 Å². The molecule has 0 aliphatic heterocycles. The van der Waals surface area contributed by atoms with Crippen LogP contribution in [-0.2, 0) is 16.0 Å². The Hall–Kier alpha value is -1.88. The summed E-state index contributed by atoms with van der Waals surface area (Å²) in [7, 11) is 0. The van der Waals surface area contributed by atoms with Gasteiger partial charge in [-0.3, -0.25) is 9.59 Å². The number of amides is 2. The van der Waals surface area contributed by atoms with Crippen LogP contribution in [0.4, 0.5) is 5.69 Å². The number of nitrogens with two attached hydrogens (primary N) is 2. The molecule has 1 saturated carbocycles. The van der Waals surface area contributed by atoms with Crippen LogP contribution in [0.25, 0.3) is 0 Å². The fourth-order valence-electron chi connectivity index (χ4n) is 2.75. The molecule has 0 atom stereocenters. The van der Waals surface area contributed by atoms with Crippen molar-refractivity contribution in [2.75, 3.05) is 11.9 Å². The summed E-state index contributed by atoms with van der Waals surface area (Å²) in [4.78, 5) is 23.2. The van der Waals surface area contributed by atoms with E-state index in [0.717, 1.165) is 36.9 Å². The Bertz CT molecular complexity index is 490. The van der Waals surface area contributed by atoms with Crippen molar-refractivity contribution >= 4 is 17.5 Å². The molecule has 0 bridgehead atoms. The van der Waals surface area contributed by atoms with E-state index in [2.05, 4.69) is 5.32 Å². The molecule has 0 aromatic heterocycles. The molecule has 2 rings (SSSR count). The lowest BCUT2D eigenvalue weighted by molar-refractivity contribution is -0.124. The molecule has 5 N–H and O–H groups in total. The standard InChI is InChI=1S/C15H21N3O2/c16-10-15(7-1-2-8-15)14(20)18-12-5-3-11(4-6-12)9-13(17)19/h3-6H,1-2,7-10,16H2,(H2,17,19)(H,18,20). The highest BCUT2D eigenvalue weighted by atomic mass is 16.2. The van der Waals surface area contributed by atoms with E-state index in [1.165, 1.54) is 0 Å². The van der Waals surface area contributed by atoms with Crippen LogP contribution >= 0.6 is 0 Å². The molecule has 0 heterocycles. The first-order valence-electron chi connectivity index (χ1n) is 6.94. The molecule has 0 saturated heterocycles. The van der Waals surface area contributed by atoms with Gasteiger partial charge in [-0.15, -0.1) is 0 Å². The smallest absolute Gasteiger partial charge is 0.231 e. The summed E-state index contributed by atoms with van der Waals surface area (Å²) >= 11 is 0. The number of benzene rings is 1. The number of nitrogens with one attached hydrogen (secondary N) is 1. The van der Waals surface area contributed by atoms with Crippen molar-refractivity contribution in [3.8, 4) is 0 Å². The number of primary amides is 1. The number of carbonyl (C=O) groups excluding carboxylic acids is 2. The van der Waals surface area contributed by atoms with Crippen molar-refractivity contribution in [1.82, 2.24) is 0 Å². The van der Waals surface area contributed by atoms with Gasteiger partial charge in [-0.05, 0) is 30.5 Å². The van der Waals surface area contributed by atoms with Gasteiger partial charge in [0.15, 0.2) is 0 Å². The van der Waals surface area contributed by atoms with Gasteiger partial charge in [-0.1, -0.05) is 25.0 Å². The first-order chi connectivity index (χ1) is 9.55. The molecule has 20 heavy (non-hydrogen) atoms. The van der Waals surface area contributed by atoms with Gasteiger partial charge in [0.25, 0.3) is 0 Å². The largest absolute Gasteiger partial charge is 0.369 e. The third-order valence-electron chi connectivity index (χ3n) is 4.02. The first kappa shape index (κ1) is 14.5. The second kappa shape index (κ2) is 6.05. The van der Waals surface area contributed by atoms with Crippen molar-refractivity contribution in [1.29, 1.82) is 0 Å². The summed E-state index contributed by atoms with van der Waals surface area (Å²) in [6.45, 7) is 0.387. The van der Waals surface area contributed by atoms with Gasteiger partial charge in [-0.2, -0.15) is 0 Å². The average molecular weight is 275 g/mol. The van der Waals surface area contributed by atoms with Crippen LogP contribution < -0.4 is 16.8 Å². The third kappa shape index (κ3) is 3.17. The maximum Gasteiger partial charge on any atom is 0.231 e. The Kier molecular flexibility index (Phi) is 4.39. The van der Waals surface area contributed by atoms with E-state index in [-0.39, 0.29) is 18.2 Å². The Balaban J connectivity index is 2.02. The number of hydrogen-bond donors (Lipinski definition) is 3. The predicted octanol–water partition coefficient (Wildman–Crippen LogP) is 1.17. The molecule has 1 fully saturated rings. The minimum atomic E-state index is -0.411. The highest BCUT2D eigenvalue weighted by Gasteiger charge is 2.39. The van der Waals surface area contributed by atoms with Crippen molar-refractivity contribution in [3.63, 3.8) is 0 Å². The summed E-state index contributed by atoms with van der Waals surface area (Å²) in [5, 5.41) is 2.92. The molecule has 1 aromatic carbocycles.